The molecule has 0 rings (SSSR count). The smallest absolute Gasteiger partial charge is 0.302 e. The lowest BCUT2D eigenvalue weighted by atomic mass is 9.96. The SMILES string of the molecule is COCC(C)(C)COC(C)=O. The summed E-state index contributed by atoms with van der Waals surface area (Å²) in [4.78, 5) is 10.4. The van der Waals surface area contributed by atoms with Gasteiger partial charge in [0.2, 0.25) is 0 Å². The van der Waals surface area contributed by atoms with E-state index in [-0.39, 0.29) is 11.4 Å². The Morgan fingerprint density at radius 1 is 1.36 bits per heavy atom. The maximum Gasteiger partial charge on any atom is 0.302 e. The van der Waals surface area contributed by atoms with Crippen LogP contribution in [0.2, 0.25) is 0 Å². The molecule has 0 aliphatic carbocycles. The molecule has 0 spiro atoms. The molecule has 0 atom stereocenters. The molecule has 0 amide bonds. The highest BCUT2D eigenvalue weighted by molar-refractivity contribution is 5.65. The number of hydrogen-bond acceptors (Lipinski definition) is 3. The zero-order valence-corrected chi connectivity index (χ0v) is 7.64. The topological polar surface area (TPSA) is 35.5 Å². The van der Waals surface area contributed by atoms with Crippen LogP contribution in [0.3, 0.4) is 0 Å². The zero-order valence-electron chi connectivity index (χ0n) is 7.64. The van der Waals surface area contributed by atoms with Crippen molar-refractivity contribution in [2.45, 2.75) is 20.8 Å². The number of methoxy groups -OCH3 is 1. The van der Waals surface area contributed by atoms with Gasteiger partial charge >= 0.3 is 5.97 Å². The molecule has 0 aromatic carbocycles. The first-order chi connectivity index (χ1) is 4.98. The molecule has 0 radical (unpaired) electrons. The molecule has 0 aliphatic rings. The van der Waals surface area contributed by atoms with Crippen LogP contribution in [0.25, 0.3) is 0 Å². The summed E-state index contributed by atoms with van der Waals surface area (Å²) in [5.41, 5.74) is -0.0829. The summed E-state index contributed by atoms with van der Waals surface area (Å²) < 4.78 is 9.79. The van der Waals surface area contributed by atoms with Gasteiger partial charge in [-0.3, -0.25) is 4.79 Å². The maximum absolute atomic E-state index is 10.4. The van der Waals surface area contributed by atoms with Gasteiger partial charge in [-0.1, -0.05) is 13.8 Å². The number of carbonyl (C=O) groups is 1. The van der Waals surface area contributed by atoms with Crippen molar-refractivity contribution >= 4 is 5.97 Å². The van der Waals surface area contributed by atoms with Crippen molar-refractivity contribution in [3.8, 4) is 0 Å². The Hall–Kier alpha value is -0.570. The molecular weight excluding hydrogens is 144 g/mol. The molecule has 3 heteroatoms. The van der Waals surface area contributed by atoms with E-state index in [2.05, 4.69) is 0 Å². The third-order valence-electron chi connectivity index (χ3n) is 1.20. The van der Waals surface area contributed by atoms with E-state index in [1.807, 2.05) is 13.8 Å². The Morgan fingerprint density at radius 3 is 2.27 bits per heavy atom. The van der Waals surface area contributed by atoms with Crippen molar-refractivity contribution in [3.63, 3.8) is 0 Å². The van der Waals surface area contributed by atoms with Gasteiger partial charge in [0.25, 0.3) is 0 Å². The molecule has 11 heavy (non-hydrogen) atoms. The van der Waals surface area contributed by atoms with Gasteiger partial charge in [-0.2, -0.15) is 0 Å². The van der Waals surface area contributed by atoms with E-state index in [4.69, 9.17) is 9.47 Å². The average Bonchev–Trinajstić information content (AvgIpc) is 1.84. The van der Waals surface area contributed by atoms with Crippen LogP contribution in [0.5, 0.6) is 0 Å². The molecule has 3 nitrogen and oxygen atoms in total. The van der Waals surface area contributed by atoms with E-state index in [0.29, 0.717) is 13.2 Å². The van der Waals surface area contributed by atoms with E-state index < -0.39 is 0 Å². The molecule has 0 aliphatic heterocycles. The average molecular weight is 160 g/mol. The Balaban J connectivity index is 3.63. The van der Waals surface area contributed by atoms with Gasteiger partial charge in [-0.05, 0) is 0 Å². The highest BCUT2D eigenvalue weighted by Gasteiger charge is 2.18. The molecule has 0 saturated carbocycles. The lowest BCUT2D eigenvalue weighted by molar-refractivity contribution is -0.144. The zero-order chi connectivity index (χ0) is 8.91. The summed E-state index contributed by atoms with van der Waals surface area (Å²) in [5, 5.41) is 0. The van der Waals surface area contributed by atoms with Crippen molar-refractivity contribution in [1.82, 2.24) is 0 Å². The number of esters is 1. The molecule has 0 aromatic heterocycles. The van der Waals surface area contributed by atoms with E-state index in [9.17, 15) is 4.79 Å². The van der Waals surface area contributed by atoms with Gasteiger partial charge in [-0.25, -0.2) is 0 Å². The lowest BCUT2D eigenvalue weighted by Crippen LogP contribution is -2.25. The highest BCUT2D eigenvalue weighted by Crippen LogP contribution is 2.15. The van der Waals surface area contributed by atoms with Crippen LogP contribution < -0.4 is 0 Å². The van der Waals surface area contributed by atoms with Crippen molar-refractivity contribution in [3.05, 3.63) is 0 Å². The van der Waals surface area contributed by atoms with Crippen molar-refractivity contribution < 1.29 is 14.3 Å². The summed E-state index contributed by atoms with van der Waals surface area (Å²) in [6.07, 6.45) is 0. The minimum Gasteiger partial charge on any atom is -0.465 e. The first kappa shape index (κ1) is 10.4. The van der Waals surface area contributed by atoms with E-state index in [0.717, 1.165) is 0 Å². The van der Waals surface area contributed by atoms with Crippen molar-refractivity contribution in [1.29, 1.82) is 0 Å². The van der Waals surface area contributed by atoms with Crippen LogP contribution in [-0.4, -0.2) is 26.3 Å². The molecule has 0 bridgehead atoms. The molecule has 0 heterocycles. The number of carbonyl (C=O) groups excluding carboxylic acids is 1. The van der Waals surface area contributed by atoms with Crippen molar-refractivity contribution in [2.75, 3.05) is 20.3 Å². The molecule has 0 saturated heterocycles. The summed E-state index contributed by atoms with van der Waals surface area (Å²) in [6, 6.07) is 0. The second kappa shape index (κ2) is 4.34. The summed E-state index contributed by atoms with van der Waals surface area (Å²) >= 11 is 0. The standard InChI is InChI=1S/C8H16O3/c1-7(9)11-6-8(2,3)5-10-4/h5-6H2,1-4H3. The lowest BCUT2D eigenvalue weighted by Gasteiger charge is -2.22. The van der Waals surface area contributed by atoms with Crippen LogP contribution in [0.15, 0.2) is 0 Å². The van der Waals surface area contributed by atoms with Gasteiger partial charge in [0.05, 0.1) is 13.2 Å². The largest absolute Gasteiger partial charge is 0.465 e. The summed E-state index contributed by atoms with van der Waals surface area (Å²) in [5.74, 6) is -0.242. The van der Waals surface area contributed by atoms with E-state index in [1.165, 1.54) is 6.92 Å². The third-order valence-corrected chi connectivity index (χ3v) is 1.20. The van der Waals surface area contributed by atoms with Crippen LogP contribution in [0.1, 0.15) is 20.8 Å². The highest BCUT2D eigenvalue weighted by atomic mass is 16.5. The molecular formula is C8H16O3. The van der Waals surface area contributed by atoms with Crippen LogP contribution in [0, 0.1) is 5.41 Å². The number of hydrogen-bond donors (Lipinski definition) is 0. The first-order valence-corrected chi connectivity index (χ1v) is 3.60. The maximum atomic E-state index is 10.4. The van der Waals surface area contributed by atoms with Crippen LogP contribution >= 0.6 is 0 Å². The third kappa shape index (κ3) is 5.85. The summed E-state index contributed by atoms with van der Waals surface area (Å²) in [6.45, 7) is 6.39. The fourth-order valence-corrected chi connectivity index (χ4v) is 0.729. The van der Waals surface area contributed by atoms with Gasteiger partial charge < -0.3 is 9.47 Å². The Labute approximate surface area is 67.7 Å². The van der Waals surface area contributed by atoms with E-state index >= 15 is 0 Å². The molecule has 66 valence electrons. The molecule has 0 aromatic rings. The van der Waals surface area contributed by atoms with Gasteiger partial charge in [0.15, 0.2) is 0 Å². The predicted octanol–water partition coefficient (Wildman–Crippen LogP) is 1.22. The second-order valence-corrected chi connectivity index (χ2v) is 3.38. The second-order valence-electron chi connectivity index (χ2n) is 3.38. The predicted molar refractivity (Wildman–Crippen MR) is 42.3 cm³/mol. The van der Waals surface area contributed by atoms with Crippen LogP contribution in [-0.2, 0) is 14.3 Å². The van der Waals surface area contributed by atoms with Crippen molar-refractivity contribution in [2.24, 2.45) is 5.41 Å². The fourth-order valence-electron chi connectivity index (χ4n) is 0.729. The van der Waals surface area contributed by atoms with Crippen LogP contribution in [0.4, 0.5) is 0 Å². The Morgan fingerprint density at radius 2 is 1.91 bits per heavy atom. The normalized spacial score (nSPS) is 11.3. The van der Waals surface area contributed by atoms with E-state index in [1.54, 1.807) is 7.11 Å². The quantitative estimate of drug-likeness (QED) is 0.580. The Kier molecular flexibility index (Phi) is 4.11. The molecule has 0 fully saturated rings. The summed E-state index contributed by atoms with van der Waals surface area (Å²) in [7, 11) is 1.63. The molecule has 0 N–H and O–H groups in total. The monoisotopic (exact) mass is 160 g/mol. The number of ether oxygens (including phenoxy) is 2. The van der Waals surface area contributed by atoms with Gasteiger partial charge in [0.1, 0.15) is 0 Å². The Bertz CT molecular complexity index is 129. The number of rotatable bonds is 4. The van der Waals surface area contributed by atoms with Gasteiger partial charge in [0, 0.05) is 19.4 Å². The fraction of sp³-hybridized carbons (Fsp3) is 0.875. The minimum absolute atomic E-state index is 0.0829. The molecule has 0 unspecified atom stereocenters. The minimum atomic E-state index is -0.242. The van der Waals surface area contributed by atoms with Gasteiger partial charge in [-0.15, -0.1) is 0 Å². The first-order valence-electron chi connectivity index (χ1n) is 3.60.